The molecule has 3 heterocycles. The highest BCUT2D eigenvalue weighted by Gasteiger charge is 2.32. The van der Waals surface area contributed by atoms with Crippen molar-refractivity contribution >= 4 is 45.6 Å². The summed E-state index contributed by atoms with van der Waals surface area (Å²) in [6, 6.07) is 11.9. The van der Waals surface area contributed by atoms with Crippen molar-refractivity contribution in [2.45, 2.75) is 51.1 Å². The number of nitrogens with zero attached hydrogens (tertiary/aromatic N) is 2. The van der Waals surface area contributed by atoms with Gasteiger partial charge in [-0.2, -0.15) is 0 Å². The lowest BCUT2D eigenvalue weighted by molar-refractivity contribution is -0.145. The summed E-state index contributed by atoms with van der Waals surface area (Å²) >= 11 is 1.38. The van der Waals surface area contributed by atoms with E-state index in [-0.39, 0.29) is 47.8 Å². The quantitative estimate of drug-likeness (QED) is 0.108. The van der Waals surface area contributed by atoms with E-state index in [1.807, 2.05) is 27.8 Å². The third kappa shape index (κ3) is 7.40. The molecule has 2 aromatic heterocycles. The maximum Gasteiger partial charge on any atom is 0.343 e. The van der Waals surface area contributed by atoms with Crippen molar-refractivity contribution in [3.63, 3.8) is 0 Å². The molecule has 0 amide bonds. The van der Waals surface area contributed by atoms with Crippen LogP contribution in [0.5, 0.6) is 5.75 Å². The monoisotopic (exact) mass is 688 g/mol. The molecular formula is C37H39FN3O7S. The Bertz CT molecular complexity index is 1900. The normalized spacial score (nSPS) is 16.7. The fraction of sp³-hybridized carbons (Fsp3) is 0.378. The second-order valence-electron chi connectivity index (χ2n) is 12.4. The molecule has 10 nitrogen and oxygen atoms in total. The van der Waals surface area contributed by atoms with E-state index in [9.17, 15) is 19.2 Å². The number of piperazine rings is 1. The third-order valence-electron chi connectivity index (χ3n) is 8.92. The Hall–Kier alpha value is -4.55. The molecule has 257 valence electrons. The molecule has 1 saturated carbocycles. The van der Waals surface area contributed by atoms with Crippen LogP contribution in [-0.4, -0.2) is 68.3 Å². The van der Waals surface area contributed by atoms with Gasteiger partial charge in [0.05, 0.1) is 42.0 Å². The molecule has 6 rings (SSSR count). The molecule has 2 fully saturated rings. The van der Waals surface area contributed by atoms with Crippen LogP contribution in [0.2, 0.25) is 0 Å². The summed E-state index contributed by atoms with van der Waals surface area (Å²) in [5.74, 6) is -2.13. The van der Waals surface area contributed by atoms with Crippen LogP contribution in [0.15, 0.2) is 58.8 Å². The van der Waals surface area contributed by atoms with E-state index in [2.05, 4.69) is 5.32 Å². The number of nitrogens with one attached hydrogen (secondary N) is 1. The molecule has 1 radical (unpaired) electrons. The van der Waals surface area contributed by atoms with Gasteiger partial charge in [0.2, 0.25) is 11.2 Å². The molecule has 2 aliphatic rings. The maximum absolute atomic E-state index is 15.7. The number of methoxy groups -OCH3 is 1. The van der Waals surface area contributed by atoms with Gasteiger partial charge in [-0.05, 0) is 56.2 Å². The lowest BCUT2D eigenvalue weighted by Gasteiger charge is -2.35. The molecule has 1 aliphatic heterocycles. The fourth-order valence-electron chi connectivity index (χ4n) is 6.13. The lowest BCUT2D eigenvalue weighted by atomic mass is 9.98. The number of carbonyl (C=O) groups is 3. The van der Waals surface area contributed by atoms with Gasteiger partial charge in [0, 0.05) is 49.9 Å². The number of carbonyl (C=O) groups excluding carboxylic acids is 3. The van der Waals surface area contributed by atoms with Crippen LogP contribution < -0.4 is 20.4 Å². The molecule has 1 saturated heterocycles. The number of thiophene rings is 1. The van der Waals surface area contributed by atoms with Gasteiger partial charge in [-0.25, -0.2) is 9.18 Å². The average Bonchev–Trinajstić information content (AvgIpc) is 3.80. The zero-order chi connectivity index (χ0) is 34.7. The van der Waals surface area contributed by atoms with Gasteiger partial charge in [-0.1, -0.05) is 30.3 Å². The topological polar surface area (TPSA) is 116 Å². The van der Waals surface area contributed by atoms with Crippen molar-refractivity contribution in [1.29, 1.82) is 0 Å². The number of unbranched alkanes of at least 4 members (excludes halogenated alkanes) is 1. The van der Waals surface area contributed by atoms with Crippen LogP contribution in [0.4, 0.5) is 10.1 Å². The third-order valence-corrected chi connectivity index (χ3v) is 9.79. The van der Waals surface area contributed by atoms with Crippen LogP contribution in [0.25, 0.3) is 10.9 Å². The molecule has 4 aromatic rings. The van der Waals surface area contributed by atoms with Crippen molar-refractivity contribution < 1.29 is 33.0 Å². The van der Waals surface area contributed by atoms with E-state index in [0.717, 1.165) is 18.4 Å². The number of aromatic nitrogens is 1. The number of halogens is 1. The first-order chi connectivity index (χ1) is 23.7. The van der Waals surface area contributed by atoms with Crippen molar-refractivity contribution in [3.05, 3.63) is 98.1 Å². The van der Waals surface area contributed by atoms with Gasteiger partial charge in [0.1, 0.15) is 11.3 Å². The number of benzene rings is 2. The largest absolute Gasteiger partial charge is 0.492 e. The molecule has 2 atom stereocenters. The highest BCUT2D eigenvalue weighted by molar-refractivity contribution is 7.12. The van der Waals surface area contributed by atoms with E-state index < -0.39 is 29.1 Å². The Balaban J connectivity index is 1.05. The molecular weight excluding hydrogens is 649 g/mol. The Morgan fingerprint density at radius 1 is 1.14 bits per heavy atom. The molecule has 0 bridgehead atoms. The molecule has 2 aromatic carbocycles. The lowest BCUT2D eigenvalue weighted by Crippen LogP contribution is -2.49. The summed E-state index contributed by atoms with van der Waals surface area (Å²) in [4.78, 5) is 54.5. The first kappa shape index (κ1) is 34.3. The summed E-state index contributed by atoms with van der Waals surface area (Å²) in [6.07, 6.45) is 5.19. The van der Waals surface area contributed by atoms with Gasteiger partial charge in [-0.15, -0.1) is 11.3 Å². The first-order valence-corrected chi connectivity index (χ1v) is 17.3. The van der Waals surface area contributed by atoms with Gasteiger partial charge < -0.3 is 29.0 Å². The number of esters is 2. The zero-order valence-corrected chi connectivity index (χ0v) is 28.5. The maximum atomic E-state index is 15.7. The summed E-state index contributed by atoms with van der Waals surface area (Å²) in [7, 11) is 1.47. The van der Waals surface area contributed by atoms with E-state index in [0.29, 0.717) is 47.7 Å². The highest BCUT2D eigenvalue weighted by atomic mass is 32.1. The highest BCUT2D eigenvalue weighted by Crippen LogP contribution is 2.44. The summed E-state index contributed by atoms with van der Waals surface area (Å²) < 4.78 is 34.1. The summed E-state index contributed by atoms with van der Waals surface area (Å²) in [5.41, 5.74) is 1.26. The minimum Gasteiger partial charge on any atom is -0.492 e. The number of ether oxygens (including phenoxy) is 3. The summed E-state index contributed by atoms with van der Waals surface area (Å²) in [5, 5.41) is 5.27. The number of pyridine rings is 1. The zero-order valence-electron chi connectivity index (χ0n) is 27.7. The molecule has 1 N–H and O–H groups in total. The predicted octanol–water partition coefficient (Wildman–Crippen LogP) is 5.67. The first-order valence-electron chi connectivity index (χ1n) is 16.4. The van der Waals surface area contributed by atoms with Crippen LogP contribution in [-0.2, 0) is 14.3 Å². The molecule has 2 unspecified atom stereocenters. The number of rotatable bonds is 13. The molecule has 12 heteroatoms. The van der Waals surface area contributed by atoms with Crippen molar-refractivity contribution in [1.82, 2.24) is 9.88 Å². The number of hydrogen-bond acceptors (Lipinski definition) is 10. The Labute approximate surface area is 287 Å². The number of hydrogen-bond donors (Lipinski definition) is 1. The number of ketones is 1. The Morgan fingerprint density at radius 3 is 2.59 bits per heavy atom. The molecule has 1 aliphatic carbocycles. The van der Waals surface area contributed by atoms with E-state index in [1.54, 1.807) is 43.7 Å². The number of fused-ring (bicyclic) bond motifs is 1. The predicted molar refractivity (Wildman–Crippen MR) is 185 cm³/mol. The second-order valence-corrected chi connectivity index (χ2v) is 13.4. The van der Waals surface area contributed by atoms with Gasteiger partial charge in [0.15, 0.2) is 11.6 Å². The minimum absolute atomic E-state index is 0.0547. The van der Waals surface area contributed by atoms with Crippen molar-refractivity contribution in [2.75, 3.05) is 44.9 Å². The van der Waals surface area contributed by atoms with Crippen LogP contribution in [0.3, 0.4) is 0 Å². The van der Waals surface area contributed by atoms with E-state index in [1.165, 1.54) is 30.7 Å². The minimum atomic E-state index is -0.816. The smallest absolute Gasteiger partial charge is 0.343 e. The SMILES string of the molecule is COc1c(N2CCNC(C)C2)c(F)cc2c(=O)c(C(=O)OC[CH]CCOC(=O)C(C)c3ccc(C(=O)c4cccs4)cc3)cn(C3CC3)c12. The van der Waals surface area contributed by atoms with Gasteiger partial charge >= 0.3 is 11.9 Å². The molecule has 0 spiro atoms. The summed E-state index contributed by atoms with van der Waals surface area (Å²) in [6.45, 7) is 5.59. The fourth-order valence-corrected chi connectivity index (χ4v) is 6.81. The van der Waals surface area contributed by atoms with E-state index in [4.69, 9.17) is 14.2 Å². The Morgan fingerprint density at radius 2 is 1.92 bits per heavy atom. The van der Waals surface area contributed by atoms with E-state index >= 15 is 4.39 Å². The van der Waals surface area contributed by atoms with Crippen molar-refractivity contribution in [3.8, 4) is 5.75 Å². The van der Waals surface area contributed by atoms with Crippen LogP contribution in [0, 0.1) is 12.2 Å². The molecule has 49 heavy (non-hydrogen) atoms. The second kappa shape index (κ2) is 14.9. The number of anilines is 1. The van der Waals surface area contributed by atoms with Gasteiger partial charge in [0.25, 0.3) is 0 Å². The average molecular weight is 689 g/mol. The standard InChI is InChI=1S/C37H39FN3O7S/c1-22-20-40(15-14-39-22)32-29(38)19-27-31(35(32)46-3)41(26-12-13-26)21-28(34(27)43)37(45)48-17-5-4-16-47-36(44)23(2)24-8-10-25(11-9-24)33(42)30-7-6-18-49-30/h5-11,18-19,21-23,26,39H,4,12-17,20H2,1-3H3. The van der Waals surface area contributed by atoms with Gasteiger partial charge in [-0.3, -0.25) is 14.4 Å². The van der Waals surface area contributed by atoms with Crippen LogP contribution in [0.1, 0.15) is 76.2 Å². The van der Waals surface area contributed by atoms with Crippen LogP contribution >= 0.6 is 11.3 Å². The van der Waals surface area contributed by atoms with Crippen molar-refractivity contribution in [2.24, 2.45) is 0 Å². The Kier molecular flexibility index (Phi) is 10.4.